The first-order valence-electron chi connectivity index (χ1n) is 12.2. The van der Waals surface area contributed by atoms with Crippen molar-refractivity contribution in [1.82, 2.24) is 19.5 Å². The molecule has 3 aromatic heterocycles. The lowest BCUT2D eigenvalue weighted by Crippen LogP contribution is -2.32. The largest absolute Gasteiger partial charge is 0.491 e. The van der Waals surface area contributed by atoms with E-state index in [1.807, 2.05) is 0 Å². The number of carbonyl (C=O) groups excluding carboxylic acids is 1. The molecule has 0 bridgehead atoms. The van der Waals surface area contributed by atoms with Gasteiger partial charge >= 0.3 is 0 Å². The SMILES string of the molecule is COc1cc2nccc(Oc3ccc(NC(=O)c4c(C)nc(C)n(-c5ccc(F)cc5)c4=O)cc3F)c2nc1OC. The number of hydrogen-bond donors (Lipinski definition) is 1. The summed E-state index contributed by atoms with van der Waals surface area (Å²) in [5.41, 5.74) is 0.490. The molecular weight excluding hydrogens is 536 g/mol. The van der Waals surface area contributed by atoms with Crippen LogP contribution in [-0.2, 0) is 0 Å². The van der Waals surface area contributed by atoms with Gasteiger partial charge in [-0.1, -0.05) is 0 Å². The Bertz CT molecular complexity index is 1860. The maximum Gasteiger partial charge on any atom is 0.271 e. The average Bonchev–Trinajstić information content (AvgIpc) is 2.94. The van der Waals surface area contributed by atoms with Gasteiger partial charge in [-0.3, -0.25) is 19.1 Å². The van der Waals surface area contributed by atoms with Crippen molar-refractivity contribution >= 4 is 22.6 Å². The molecule has 0 saturated heterocycles. The zero-order valence-corrected chi connectivity index (χ0v) is 22.4. The fraction of sp³-hybridized carbons (Fsp3) is 0.138. The van der Waals surface area contributed by atoms with Crippen molar-refractivity contribution in [3.63, 3.8) is 0 Å². The van der Waals surface area contributed by atoms with Crippen LogP contribution in [0.1, 0.15) is 21.9 Å². The highest BCUT2D eigenvalue weighted by Gasteiger charge is 2.21. The molecular formula is C29H23F2N5O5. The van der Waals surface area contributed by atoms with E-state index in [1.165, 1.54) is 74.4 Å². The molecule has 2 aromatic carbocycles. The van der Waals surface area contributed by atoms with Crippen LogP contribution in [-0.4, -0.2) is 39.6 Å². The zero-order valence-electron chi connectivity index (χ0n) is 22.4. The molecule has 12 heteroatoms. The number of rotatable bonds is 7. The molecule has 0 unspecified atom stereocenters. The molecule has 0 saturated carbocycles. The van der Waals surface area contributed by atoms with Gasteiger partial charge in [-0.15, -0.1) is 0 Å². The summed E-state index contributed by atoms with van der Waals surface area (Å²) in [6, 6.07) is 12.2. The molecule has 1 N–H and O–H groups in total. The number of methoxy groups -OCH3 is 2. The number of aromatic nitrogens is 4. The number of ether oxygens (including phenoxy) is 3. The first kappa shape index (κ1) is 27.2. The van der Waals surface area contributed by atoms with E-state index < -0.39 is 23.1 Å². The summed E-state index contributed by atoms with van der Waals surface area (Å²) in [6.07, 6.45) is 1.48. The standard InChI is InChI=1S/C29H23F2N5O5/c1-15-25(29(38)36(16(2)33-15)19-8-5-17(30)6-9-19)27(37)34-18-7-10-22(20(31)13-18)41-23-11-12-32-21-14-24(39-3)28(40-4)35-26(21)23/h5-14H,1-4H3,(H,34,37). The molecule has 0 aliphatic carbocycles. The second kappa shape index (κ2) is 11.0. The third-order valence-corrected chi connectivity index (χ3v) is 6.17. The lowest BCUT2D eigenvalue weighted by Gasteiger charge is -2.14. The Kier molecular flexibility index (Phi) is 7.30. The molecule has 0 atom stereocenters. The molecule has 208 valence electrons. The van der Waals surface area contributed by atoms with E-state index in [0.29, 0.717) is 28.3 Å². The van der Waals surface area contributed by atoms with E-state index in [9.17, 15) is 14.0 Å². The van der Waals surface area contributed by atoms with Crippen molar-refractivity contribution < 1.29 is 27.8 Å². The number of hydrogen-bond acceptors (Lipinski definition) is 8. The highest BCUT2D eigenvalue weighted by atomic mass is 19.1. The van der Waals surface area contributed by atoms with Gasteiger partial charge in [-0.05, 0) is 50.2 Å². The first-order valence-corrected chi connectivity index (χ1v) is 12.2. The van der Waals surface area contributed by atoms with Crippen LogP contribution in [0, 0.1) is 25.5 Å². The fourth-order valence-corrected chi connectivity index (χ4v) is 4.28. The Morgan fingerprint density at radius 1 is 0.902 bits per heavy atom. The van der Waals surface area contributed by atoms with Gasteiger partial charge in [0, 0.05) is 30.1 Å². The van der Waals surface area contributed by atoms with Gasteiger partial charge in [0.2, 0.25) is 0 Å². The lowest BCUT2D eigenvalue weighted by atomic mass is 10.2. The fourth-order valence-electron chi connectivity index (χ4n) is 4.28. The predicted octanol–water partition coefficient (Wildman–Crippen LogP) is 5.13. The molecule has 0 fully saturated rings. The van der Waals surface area contributed by atoms with Gasteiger partial charge < -0.3 is 19.5 Å². The van der Waals surface area contributed by atoms with Crippen molar-refractivity contribution in [2.24, 2.45) is 0 Å². The smallest absolute Gasteiger partial charge is 0.271 e. The summed E-state index contributed by atoms with van der Waals surface area (Å²) >= 11 is 0. The summed E-state index contributed by atoms with van der Waals surface area (Å²) in [5.74, 6) is -1.06. The summed E-state index contributed by atoms with van der Waals surface area (Å²) in [7, 11) is 2.91. The minimum absolute atomic E-state index is 0.0803. The normalized spacial score (nSPS) is 10.9. The Morgan fingerprint density at radius 2 is 1.66 bits per heavy atom. The molecule has 0 spiro atoms. The number of amides is 1. The molecule has 10 nitrogen and oxygen atoms in total. The second-order valence-corrected chi connectivity index (χ2v) is 8.81. The van der Waals surface area contributed by atoms with Crippen molar-refractivity contribution in [3.8, 4) is 28.8 Å². The number of nitrogens with zero attached hydrogens (tertiary/aromatic N) is 4. The molecule has 0 radical (unpaired) electrons. The van der Waals surface area contributed by atoms with Crippen molar-refractivity contribution in [2.45, 2.75) is 13.8 Å². The molecule has 0 aliphatic rings. The van der Waals surface area contributed by atoms with Gasteiger partial charge in [0.05, 0.1) is 31.1 Å². The Morgan fingerprint density at radius 3 is 2.34 bits per heavy atom. The number of fused-ring (bicyclic) bond motifs is 1. The van der Waals surface area contributed by atoms with E-state index in [2.05, 4.69) is 20.3 Å². The van der Waals surface area contributed by atoms with E-state index in [0.717, 1.165) is 6.07 Å². The van der Waals surface area contributed by atoms with Crippen LogP contribution in [0.3, 0.4) is 0 Å². The Balaban J connectivity index is 1.42. The monoisotopic (exact) mass is 559 g/mol. The second-order valence-electron chi connectivity index (χ2n) is 8.81. The van der Waals surface area contributed by atoms with Crippen LogP contribution in [0.25, 0.3) is 16.7 Å². The lowest BCUT2D eigenvalue weighted by molar-refractivity contribution is 0.102. The van der Waals surface area contributed by atoms with Crippen molar-refractivity contribution in [2.75, 3.05) is 19.5 Å². The number of anilines is 1. The minimum Gasteiger partial charge on any atom is -0.491 e. The van der Waals surface area contributed by atoms with Crippen LogP contribution < -0.4 is 25.1 Å². The molecule has 1 amide bonds. The van der Waals surface area contributed by atoms with E-state index in [-0.39, 0.29) is 34.3 Å². The van der Waals surface area contributed by atoms with E-state index >= 15 is 4.39 Å². The summed E-state index contributed by atoms with van der Waals surface area (Å²) in [6.45, 7) is 3.12. The molecule has 5 aromatic rings. The summed E-state index contributed by atoms with van der Waals surface area (Å²) < 4.78 is 46.0. The molecule has 5 rings (SSSR count). The van der Waals surface area contributed by atoms with E-state index in [1.54, 1.807) is 13.0 Å². The van der Waals surface area contributed by atoms with E-state index in [4.69, 9.17) is 14.2 Å². The van der Waals surface area contributed by atoms with Gasteiger partial charge in [-0.25, -0.2) is 18.7 Å². The maximum atomic E-state index is 15.1. The van der Waals surface area contributed by atoms with Crippen molar-refractivity contribution in [1.29, 1.82) is 0 Å². The minimum atomic E-state index is -0.783. The third-order valence-electron chi connectivity index (χ3n) is 6.17. The van der Waals surface area contributed by atoms with Gasteiger partial charge in [0.15, 0.2) is 23.1 Å². The molecule has 3 heterocycles. The number of halogens is 2. The third kappa shape index (κ3) is 5.26. The average molecular weight is 560 g/mol. The summed E-state index contributed by atoms with van der Waals surface area (Å²) in [5, 5.41) is 2.54. The highest BCUT2D eigenvalue weighted by Crippen LogP contribution is 2.35. The molecule has 0 aliphatic heterocycles. The Hall–Kier alpha value is -5.39. The number of pyridine rings is 2. The number of benzene rings is 2. The topological polar surface area (TPSA) is 117 Å². The predicted molar refractivity (Wildman–Crippen MR) is 146 cm³/mol. The van der Waals surface area contributed by atoms with Gasteiger partial charge in [0.1, 0.15) is 22.7 Å². The quantitative estimate of drug-likeness (QED) is 0.292. The number of nitrogens with one attached hydrogen (secondary N) is 1. The molecule has 41 heavy (non-hydrogen) atoms. The van der Waals surface area contributed by atoms with Crippen molar-refractivity contribution in [3.05, 3.63) is 99.9 Å². The van der Waals surface area contributed by atoms with Crippen LogP contribution in [0.2, 0.25) is 0 Å². The van der Waals surface area contributed by atoms with Crippen LogP contribution in [0.4, 0.5) is 14.5 Å². The zero-order chi connectivity index (χ0) is 29.3. The Labute approximate surface area is 232 Å². The highest BCUT2D eigenvalue weighted by molar-refractivity contribution is 6.04. The van der Waals surface area contributed by atoms with Crippen LogP contribution in [0.5, 0.6) is 23.1 Å². The van der Waals surface area contributed by atoms with Gasteiger partial charge in [-0.2, -0.15) is 0 Å². The maximum absolute atomic E-state index is 15.1. The number of carbonyl (C=O) groups is 1. The van der Waals surface area contributed by atoms with Gasteiger partial charge in [0.25, 0.3) is 17.3 Å². The van der Waals surface area contributed by atoms with Crippen LogP contribution >= 0.6 is 0 Å². The first-order chi connectivity index (χ1) is 19.7. The summed E-state index contributed by atoms with van der Waals surface area (Å²) in [4.78, 5) is 39.3. The van der Waals surface area contributed by atoms with Crippen LogP contribution in [0.15, 0.2) is 65.6 Å². The number of aryl methyl sites for hydroxylation is 2.